The van der Waals surface area contributed by atoms with Crippen molar-refractivity contribution in [1.29, 1.82) is 0 Å². The van der Waals surface area contributed by atoms with Crippen LogP contribution in [0.3, 0.4) is 0 Å². The molecule has 0 unspecified atom stereocenters. The molecule has 1 aliphatic carbocycles. The summed E-state index contributed by atoms with van der Waals surface area (Å²) in [6.45, 7) is 3.08. The monoisotopic (exact) mass is 257 g/mol. The van der Waals surface area contributed by atoms with Crippen molar-refractivity contribution in [3.63, 3.8) is 0 Å². The third-order valence-electron chi connectivity index (χ3n) is 3.70. The van der Waals surface area contributed by atoms with Gasteiger partial charge in [-0.05, 0) is 31.6 Å². The van der Waals surface area contributed by atoms with Gasteiger partial charge in [-0.2, -0.15) is 0 Å². The Balaban J connectivity index is 2.48. The molecule has 1 saturated carbocycles. The van der Waals surface area contributed by atoms with Gasteiger partial charge < -0.3 is 21.5 Å². The summed E-state index contributed by atoms with van der Waals surface area (Å²) in [7, 11) is 0. The van der Waals surface area contributed by atoms with Crippen molar-refractivity contribution in [1.82, 2.24) is 10.6 Å². The Hall–Kier alpha value is -1.30. The molecule has 0 heterocycles. The van der Waals surface area contributed by atoms with Gasteiger partial charge in [0.15, 0.2) is 0 Å². The van der Waals surface area contributed by atoms with Gasteiger partial charge in [0.1, 0.15) is 0 Å². The topological polar surface area (TPSA) is 104 Å². The Morgan fingerprint density at radius 3 is 2.44 bits per heavy atom. The molecule has 0 aliphatic heterocycles. The molecule has 0 aromatic rings. The maximum atomic E-state index is 11.4. The molecule has 1 aliphatic rings. The number of nitrogens with one attached hydrogen (secondary N) is 2. The van der Waals surface area contributed by atoms with Gasteiger partial charge in [-0.15, -0.1) is 0 Å². The molecule has 2 amide bonds. The van der Waals surface area contributed by atoms with Crippen molar-refractivity contribution in [3.05, 3.63) is 0 Å². The molecule has 0 bridgehead atoms. The molecule has 0 aromatic carbocycles. The van der Waals surface area contributed by atoms with Gasteiger partial charge in [-0.3, -0.25) is 4.79 Å². The van der Waals surface area contributed by atoms with Crippen LogP contribution in [0.25, 0.3) is 0 Å². The number of nitrogens with two attached hydrogens (primary N) is 1. The molecule has 5 N–H and O–H groups in total. The first-order chi connectivity index (χ1) is 8.50. The van der Waals surface area contributed by atoms with Crippen molar-refractivity contribution in [2.75, 3.05) is 19.6 Å². The van der Waals surface area contributed by atoms with Crippen LogP contribution >= 0.6 is 0 Å². The van der Waals surface area contributed by atoms with E-state index < -0.39 is 11.4 Å². The highest BCUT2D eigenvalue weighted by Gasteiger charge is 2.41. The molecular weight excluding hydrogens is 234 g/mol. The van der Waals surface area contributed by atoms with Gasteiger partial charge in [-0.25, -0.2) is 4.79 Å². The number of carboxylic acid groups (broad SMARTS) is 1. The number of aliphatic carboxylic acids is 1. The van der Waals surface area contributed by atoms with Crippen molar-refractivity contribution in [2.24, 2.45) is 17.1 Å². The lowest BCUT2D eigenvalue weighted by molar-refractivity contribution is -0.151. The van der Waals surface area contributed by atoms with Crippen molar-refractivity contribution < 1.29 is 14.7 Å². The lowest BCUT2D eigenvalue weighted by atomic mass is 9.71. The Labute approximate surface area is 107 Å². The van der Waals surface area contributed by atoms with Gasteiger partial charge in [0, 0.05) is 19.6 Å². The van der Waals surface area contributed by atoms with E-state index in [2.05, 4.69) is 17.6 Å². The number of hydrogen-bond donors (Lipinski definition) is 4. The summed E-state index contributed by atoms with van der Waals surface area (Å²) < 4.78 is 0. The fraction of sp³-hybridized carbons (Fsp3) is 0.833. The van der Waals surface area contributed by atoms with E-state index in [4.69, 9.17) is 5.73 Å². The van der Waals surface area contributed by atoms with Crippen molar-refractivity contribution >= 4 is 12.0 Å². The first kappa shape index (κ1) is 14.8. The molecule has 104 valence electrons. The number of amides is 2. The van der Waals surface area contributed by atoms with Crippen LogP contribution in [-0.2, 0) is 4.79 Å². The minimum absolute atomic E-state index is 0.186. The minimum Gasteiger partial charge on any atom is -0.481 e. The summed E-state index contributed by atoms with van der Waals surface area (Å²) >= 11 is 0. The molecule has 0 atom stereocenters. The van der Waals surface area contributed by atoms with E-state index in [0.29, 0.717) is 31.8 Å². The minimum atomic E-state index is -0.812. The zero-order valence-corrected chi connectivity index (χ0v) is 10.9. The highest BCUT2D eigenvalue weighted by atomic mass is 16.4. The quantitative estimate of drug-likeness (QED) is 0.576. The molecule has 0 spiro atoms. The van der Waals surface area contributed by atoms with E-state index >= 15 is 0 Å². The molecular formula is C12H23N3O3. The standard InChI is InChI=1S/C12H23N3O3/c1-9-2-4-12(5-3-9,10(16)17)8-15-11(18)14-7-6-13/h9H,2-8,13H2,1H3,(H,16,17)(H2,14,15,18). The normalized spacial score (nSPS) is 27.6. The lowest BCUT2D eigenvalue weighted by Gasteiger charge is -2.35. The summed E-state index contributed by atoms with van der Waals surface area (Å²) in [5, 5.41) is 14.6. The Bertz CT molecular complexity index is 299. The highest BCUT2D eigenvalue weighted by molar-refractivity contribution is 5.78. The second kappa shape index (κ2) is 6.58. The number of hydrogen-bond acceptors (Lipinski definition) is 3. The SMILES string of the molecule is CC1CCC(CNC(=O)NCCN)(C(=O)O)CC1. The van der Waals surface area contributed by atoms with Crippen LogP contribution in [0.4, 0.5) is 4.79 Å². The molecule has 0 saturated heterocycles. The van der Waals surface area contributed by atoms with E-state index in [0.717, 1.165) is 12.8 Å². The Morgan fingerprint density at radius 2 is 1.94 bits per heavy atom. The van der Waals surface area contributed by atoms with Crippen LogP contribution < -0.4 is 16.4 Å². The third-order valence-corrected chi connectivity index (χ3v) is 3.70. The third kappa shape index (κ3) is 3.87. The van der Waals surface area contributed by atoms with E-state index in [1.165, 1.54) is 0 Å². The van der Waals surface area contributed by atoms with Gasteiger partial charge >= 0.3 is 12.0 Å². The van der Waals surface area contributed by atoms with Gasteiger partial charge in [-0.1, -0.05) is 6.92 Å². The average Bonchev–Trinajstić information content (AvgIpc) is 2.35. The molecule has 6 heteroatoms. The summed E-state index contributed by atoms with van der Waals surface area (Å²) in [6, 6.07) is -0.348. The maximum Gasteiger partial charge on any atom is 0.314 e. The van der Waals surface area contributed by atoms with Crippen LogP contribution in [0.15, 0.2) is 0 Å². The van der Waals surface area contributed by atoms with E-state index in [-0.39, 0.29) is 12.6 Å². The van der Waals surface area contributed by atoms with Gasteiger partial charge in [0.25, 0.3) is 0 Å². The maximum absolute atomic E-state index is 11.4. The number of urea groups is 1. The zero-order valence-electron chi connectivity index (χ0n) is 10.9. The molecule has 0 radical (unpaired) electrons. The Morgan fingerprint density at radius 1 is 1.33 bits per heavy atom. The summed E-state index contributed by atoms with van der Waals surface area (Å²) in [5.74, 6) is -0.239. The number of carboxylic acids is 1. The molecule has 1 fully saturated rings. The molecule has 18 heavy (non-hydrogen) atoms. The first-order valence-corrected chi connectivity index (χ1v) is 6.45. The smallest absolute Gasteiger partial charge is 0.314 e. The summed E-state index contributed by atoms with van der Waals surface area (Å²) in [5.41, 5.74) is 4.47. The number of carbonyl (C=O) groups is 2. The van der Waals surface area contributed by atoms with Crippen molar-refractivity contribution in [2.45, 2.75) is 32.6 Å². The largest absolute Gasteiger partial charge is 0.481 e. The second-order valence-corrected chi connectivity index (χ2v) is 5.17. The number of rotatable bonds is 5. The second-order valence-electron chi connectivity index (χ2n) is 5.17. The molecule has 1 rings (SSSR count). The molecule has 6 nitrogen and oxygen atoms in total. The highest BCUT2D eigenvalue weighted by Crippen LogP contribution is 2.38. The van der Waals surface area contributed by atoms with Crippen LogP contribution in [0.1, 0.15) is 32.6 Å². The predicted octanol–water partition coefficient (Wildman–Crippen LogP) is 0.525. The van der Waals surface area contributed by atoms with E-state index in [1.807, 2.05) is 0 Å². The van der Waals surface area contributed by atoms with Crippen LogP contribution in [0.2, 0.25) is 0 Å². The number of carbonyl (C=O) groups excluding carboxylic acids is 1. The van der Waals surface area contributed by atoms with Crippen LogP contribution in [0, 0.1) is 11.3 Å². The summed E-state index contributed by atoms with van der Waals surface area (Å²) in [4.78, 5) is 22.8. The fourth-order valence-corrected chi connectivity index (χ4v) is 2.28. The van der Waals surface area contributed by atoms with Crippen LogP contribution in [0.5, 0.6) is 0 Å². The Kier molecular flexibility index (Phi) is 5.40. The van der Waals surface area contributed by atoms with Gasteiger partial charge in [0.05, 0.1) is 5.41 Å². The van der Waals surface area contributed by atoms with Crippen molar-refractivity contribution in [3.8, 4) is 0 Å². The zero-order chi connectivity index (χ0) is 13.6. The van der Waals surface area contributed by atoms with Gasteiger partial charge in [0.2, 0.25) is 0 Å². The lowest BCUT2D eigenvalue weighted by Crippen LogP contribution is -2.48. The van der Waals surface area contributed by atoms with E-state index in [9.17, 15) is 14.7 Å². The summed E-state index contributed by atoms with van der Waals surface area (Å²) in [6.07, 6.45) is 3.05. The van der Waals surface area contributed by atoms with E-state index in [1.54, 1.807) is 0 Å². The van der Waals surface area contributed by atoms with Crippen LogP contribution in [-0.4, -0.2) is 36.7 Å². The average molecular weight is 257 g/mol. The predicted molar refractivity (Wildman–Crippen MR) is 68.2 cm³/mol. The fourth-order valence-electron chi connectivity index (χ4n) is 2.28. The first-order valence-electron chi connectivity index (χ1n) is 6.45. The molecule has 0 aromatic heterocycles.